The molecule has 22 heavy (non-hydrogen) atoms. The van der Waals surface area contributed by atoms with Crippen LogP contribution in [-0.4, -0.2) is 56.8 Å². The molecule has 0 bridgehead atoms. The maximum atomic E-state index is 12.6. The minimum absolute atomic E-state index is 0.0106. The van der Waals surface area contributed by atoms with Gasteiger partial charge in [0.2, 0.25) is 15.9 Å². The lowest BCUT2D eigenvalue weighted by Crippen LogP contribution is -2.46. The lowest BCUT2D eigenvalue weighted by atomic mass is 10.1. The number of ether oxygens (including phenoxy) is 1. The van der Waals surface area contributed by atoms with Crippen molar-refractivity contribution in [3.8, 4) is 5.75 Å². The molecule has 1 amide bonds. The number of hydrogen-bond donors (Lipinski definition) is 0. The first-order valence-corrected chi connectivity index (χ1v) is 8.68. The van der Waals surface area contributed by atoms with E-state index in [1.54, 1.807) is 43.3 Å². The minimum atomic E-state index is -3.48. The first-order valence-electron chi connectivity index (χ1n) is 7.24. The third kappa shape index (κ3) is 3.41. The van der Waals surface area contributed by atoms with Crippen LogP contribution in [0, 0.1) is 0 Å². The normalized spacial score (nSPS) is 17.2. The predicted molar refractivity (Wildman–Crippen MR) is 83.2 cm³/mol. The third-order valence-electron chi connectivity index (χ3n) is 4.17. The number of benzene rings is 1. The predicted octanol–water partition coefficient (Wildman–Crippen LogP) is 1.33. The van der Waals surface area contributed by atoms with Gasteiger partial charge in [-0.2, -0.15) is 4.31 Å². The van der Waals surface area contributed by atoms with Gasteiger partial charge in [0.15, 0.2) is 0 Å². The Morgan fingerprint density at radius 1 is 1.23 bits per heavy atom. The largest absolute Gasteiger partial charge is 0.497 e. The van der Waals surface area contributed by atoms with Gasteiger partial charge < -0.3 is 9.64 Å². The third-order valence-corrected chi connectivity index (χ3v) is 6.08. The first kappa shape index (κ1) is 16.8. The molecule has 1 fully saturated rings. The van der Waals surface area contributed by atoms with Crippen LogP contribution in [0.5, 0.6) is 5.75 Å². The lowest BCUT2D eigenvalue weighted by molar-refractivity contribution is -0.130. The van der Waals surface area contributed by atoms with Crippen LogP contribution in [-0.2, 0) is 14.8 Å². The molecule has 0 unspecified atom stereocenters. The number of amides is 1. The van der Waals surface area contributed by atoms with Crippen LogP contribution in [0.1, 0.15) is 19.8 Å². The fourth-order valence-electron chi connectivity index (χ4n) is 2.62. The average molecular weight is 326 g/mol. The molecule has 1 aliphatic heterocycles. The second-order valence-corrected chi connectivity index (χ2v) is 7.38. The van der Waals surface area contributed by atoms with E-state index >= 15 is 0 Å². The number of carbonyl (C=O) groups is 1. The molecule has 1 aliphatic rings. The van der Waals surface area contributed by atoms with E-state index in [0.717, 1.165) is 0 Å². The summed E-state index contributed by atoms with van der Waals surface area (Å²) < 4.78 is 31.7. The number of piperidine rings is 1. The van der Waals surface area contributed by atoms with E-state index in [1.807, 2.05) is 0 Å². The topological polar surface area (TPSA) is 66.9 Å². The summed E-state index contributed by atoms with van der Waals surface area (Å²) >= 11 is 0. The zero-order valence-electron chi connectivity index (χ0n) is 13.2. The average Bonchev–Trinajstić information content (AvgIpc) is 2.54. The van der Waals surface area contributed by atoms with Crippen LogP contribution in [0.15, 0.2) is 29.2 Å². The molecule has 0 saturated carbocycles. The molecule has 7 heteroatoms. The van der Waals surface area contributed by atoms with Gasteiger partial charge in [-0.3, -0.25) is 4.79 Å². The number of hydrogen-bond acceptors (Lipinski definition) is 4. The van der Waals surface area contributed by atoms with Crippen molar-refractivity contribution < 1.29 is 17.9 Å². The van der Waals surface area contributed by atoms with Crippen molar-refractivity contribution in [3.05, 3.63) is 24.3 Å². The second-order valence-electron chi connectivity index (χ2n) is 5.44. The van der Waals surface area contributed by atoms with Gasteiger partial charge in [0, 0.05) is 33.1 Å². The Labute approximate surface area is 131 Å². The van der Waals surface area contributed by atoms with Gasteiger partial charge in [-0.15, -0.1) is 0 Å². The highest BCUT2D eigenvalue weighted by molar-refractivity contribution is 7.89. The summed E-state index contributed by atoms with van der Waals surface area (Å²) in [6, 6.07) is 6.51. The molecule has 0 aromatic heterocycles. The number of methoxy groups -OCH3 is 1. The van der Waals surface area contributed by atoms with Crippen molar-refractivity contribution in [1.29, 1.82) is 0 Å². The Balaban J connectivity index is 2.07. The zero-order chi connectivity index (χ0) is 16.3. The Bertz CT molecular complexity index is 619. The molecule has 1 saturated heterocycles. The summed E-state index contributed by atoms with van der Waals surface area (Å²) in [5.74, 6) is 0.636. The molecule has 122 valence electrons. The Hall–Kier alpha value is -1.60. The van der Waals surface area contributed by atoms with Crippen LogP contribution in [0.2, 0.25) is 0 Å². The molecule has 0 atom stereocenters. The molecule has 0 radical (unpaired) electrons. The quantitative estimate of drug-likeness (QED) is 0.837. The van der Waals surface area contributed by atoms with Gasteiger partial charge in [-0.25, -0.2) is 8.42 Å². The SMILES string of the molecule is COc1ccc(S(=O)(=O)N2CCC(N(C)C(C)=O)CC2)cc1. The minimum Gasteiger partial charge on any atom is -0.497 e. The van der Waals surface area contributed by atoms with Crippen molar-refractivity contribution in [1.82, 2.24) is 9.21 Å². The van der Waals surface area contributed by atoms with E-state index in [4.69, 9.17) is 4.74 Å². The van der Waals surface area contributed by atoms with Gasteiger partial charge in [0.05, 0.1) is 12.0 Å². The molecule has 0 spiro atoms. The Kier molecular flexibility index (Phi) is 5.08. The maximum Gasteiger partial charge on any atom is 0.243 e. The summed E-state index contributed by atoms with van der Waals surface area (Å²) in [5, 5.41) is 0. The van der Waals surface area contributed by atoms with Crippen LogP contribution in [0.4, 0.5) is 0 Å². The number of carbonyl (C=O) groups excluding carboxylic acids is 1. The Morgan fingerprint density at radius 2 is 1.77 bits per heavy atom. The highest BCUT2D eigenvalue weighted by atomic mass is 32.2. The molecular formula is C15H22N2O4S. The van der Waals surface area contributed by atoms with Crippen molar-refractivity contribution in [2.24, 2.45) is 0 Å². The van der Waals surface area contributed by atoms with Gasteiger partial charge >= 0.3 is 0 Å². The monoisotopic (exact) mass is 326 g/mol. The maximum absolute atomic E-state index is 12.6. The van der Waals surface area contributed by atoms with E-state index < -0.39 is 10.0 Å². The summed E-state index contributed by atoms with van der Waals surface area (Å²) in [7, 11) is -0.176. The van der Waals surface area contributed by atoms with Crippen LogP contribution < -0.4 is 4.74 Å². The molecule has 2 rings (SSSR count). The van der Waals surface area contributed by atoms with Gasteiger partial charge in [0.25, 0.3) is 0 Å². The summed E-state index contributed by atoms with van der Waals surface area (Å²) in [5.41, 5.74) is 0. The Morgan fingerprint density at radius 3 is 2.23 bits per heavy atom. The van der Waals surface area contributed by atoms with Crippen LogP contribution in [0.25, 0.3) is 0 Å². The molecule has 1 aromatic rings. The van der Waals surface area contributed by atoms with Crippen molar-refractivity contribution in [3.63, 3.8) is 0 Å². The molecule has 6 nitrogen and oxygen atoms in total. The molecule has 0 aliphatic carbocycles. The van der Waals surface area contributed by atoms with E-state index in [9.17, 15) is 13.2 Å². The molecule has 1 heterocycles. The summed E-state index contributed by atoms with van der Waals surface area (Å²) in [4.78, 5) is 13.3. The van der Waals surface area contributed by atoms with E-state index in [2.05, 4.69) is 0 Å². The van der Waals surface area contributed by atoms with E-state index in [1.165, 1.54) is 11.2 Å². The van der Waals surface area contributed by atoms with Crippen molar-refractivity contribution in [2.45, 2.75) is 30.7 Å². The lowest BCUT2D eigenvalue weighted by Gasteiger charge is -2.35. The van der Waals surface area contributed by atoms with E-state index in [-0.39, 0.29) is 16.8 Å². The number of rotatable bonds is 4. The summed E-state index contributed by atoms with van der Waals surface area (Å²) in [6.07, 6.45) is 1.32. The second kappa shape index (κ2) is 6.66. The first-order chi connectivity index (χ1) is 10.4. The highest BCUT2D eigenvalue weighted by Crippen LogP contribution is 2.24. The van der Waals surface area contributed by atoms with Crippen molar-refractivity contribution >= 4 is 15.9 Å². The molecule has 0 N–H and O–H groups in total. The van der Waals surface area contributed by atoms with Gasteiger partial charge in [-0.1, -0.05) is 0 Å². The highest BCUT2D eigenvalue weighted by Gasteiger charge is 2.31. The summed E-state index contributed by atoms with van der Waals surface area (Å²) in [6.45, 7) is 2.38. The molecular weight excluding hydrogens is 304 g/mol. The standard InChI is InChI=1S/C15H22N2O4S/c1-12(18)16(2)13-8-10-17(11-9-13)22(19,20)15-6-4-14(21-3)5-7-15/h4-7,13H,8-11H2,1-3H3. The number of sulfonamides is 1. The van der Waals surface area contributed by atoms with E-state index in [0.29, 0.717) is 31.7 Å². The van der Waals surface area contributed by atoms with Crippen LogP contribution in [0.3, 0.4) is 0 Å². The fourth-order valence-corrected chi connectivity index (χ4v) is 4.09. The number of nitrogens with zero attached hydrogens (tertiary/aromatic N) is 2. The fraction of sp³-hybridized carbons (Fsp3) is 0.533. The zero-order valence-corrected chi connectivity index (χ0v) is 14.0. The smallest absolute Gasteiger partial charge is 0.243 e. The molecule has 1 aromatic carbocycles. The van der Waals surface area contributed by atoms with Gasteiger partial charge in [0.1, 0.15) is 5.75 Å². The van der Waals surface area contributed by atoms with Crippen LogP contribution >= 0.6 is 0 Å². The van der Waals surface area contributed by atoms with Gasteiger partial charge in [-0.05, 0) is 37.1 Å². The van der Waals surface area contributed by atoms with Crippen molar-refractivity contribution in [2.75, 3.05) is 27.2 Å².